The molecule has 1 amide bonds. The molecule has 1 aromatic carbocycles. The van der Waals surface area contributed by atoms with Gasteiger partial charge in [-0.05, 0) is 63.6 Å². The Labute approximate surface area is 220 Å². The summed E-state index contributed by atoms with van der Waals surface area (Å²) >= 11 is 1.37. The molecule has 4 rings (SSSR count). The second-order valence-electron chi connectivity index (χ2n) is 9.49. The predicted octanol–water partition coefficient (Wildman–Crippen LogP) is 4.54. The maximum Gasteiger partial charge on any atom is 0.338 e. The lowest BCUT2D eigenvalue weighted by Gasteiger charge is -2.37. The average Bonchev–Trinajstić information content (AvgIpc) is 3.24. The molecule has 3 heterocycles. The number of nitrogens with zero attached hydrogens (tertiary/aromatic N) is 3. The number of hydrogen-bond donors (Lipinski definition) is 0. The molecule has 198 valence electrons. The third-order valence-corrected chi connectivity index (χ3v) is 7.42. The third-order valence-electron chi connectivity index (χ3n) is 6.53. The normalized spacial score (nSPS) is 20.0. The molecular weight excluding hydrogens is 497 g/mol. The Morgan fingerprint density at radius 3 is 2.59 bits per heavy atom. The Kier molecular flexibility index (Phi) is 8.36. The minimum absolute atomic E-state index is 0.0778. The number of rotatable bonds is 7. The topological polar surface area (TPSA) is 88.5 Å². The van der Waals surface area contributed by atoms with Crippen LogP contribution in [0.3, 0.4) is 0 Å². The highest BCUT2D eigenvalue weighted by molar-refractivity contribution is 8.16. The van der Waals surface area contributed by atoms with Crippen LogP contribution < -0.4 is 0 Å². The number of allylic oxidation sites excluding steroid dienone is 1. The van der Waals surface area contributed by atoms with E-state index in [-0.39, 0.29) is 30.3 Å². The van der Waals surface area contributed by atoms with Crippen LogP contribution in [0.2, 0.25) is 0 Å². The highest BCUT2D eigenvalue weighted by atomic mass is 32.2. The Morgan fingerprint density at radius 1 is 1.22 bits per heavy atom. The van der Waals surface area contributed by atoms with Crippen molar-refractivity contribution in [2.75, 3.05) is 19.7 Å². The fraction of sp³-hybridized carbons (Fsp3) is 0.481. The van der Waals surface area contributed by atoms with E-state index in [1.54, 1.807) is 44.7 Å². The van der Waals surface area contributed by atoms with Gasteiger partial charge in [-0.15, -0.1) is 0 Å². The molecule has 3 aliphatic heterocycles. The maximum atomic E-state index is 14.3. The summed E-state index contributed by atoms with van der Waals surface area (Å²) in [7, 11) is 0. The first-order valence-electron chi connectivity index (χ1n) is 12.5. The summed E-state index contributed by atoms with van der Waals surface area (Å²) in [6, 6.07) is 5.42. The van der Waals surface area contributed by atoms with E-state index in [2.05, 4.69) is 4.99 Å². The summed E-state index contributed by atoms with van der Waals surface area (Å²) in [5.41, 5.74) is 2.07. The van der Waals surface area contributed by atoms with E-state index < -0.39 is 17.8 Å². The largest absolute Gasteiger partial charge is 0.466 e. The second-order valence-corrected chi connectivity index (χ2v) is 10.3. The number of fused-ring (bicyclic) bond motifs is 1. The zero-order valence-corrected chi connectivity index (χ0v) is 22.3. The Bertz CT molecular complexity index is 1170. The monoisotopic (exact) mass is 529 g/mol. The Morgan fingerprint density at radius 2 is 1.95 bits per heavy atom. The van der Waals surface area contributed by atoms with Crippen molar-refractivity contribution < 1.29 is 28.2 Å². The second kappa shape index (κ2) is 11.5. The number of aliphatic imine (C=N–C) groups is 1. The molecule has 1 aromatic rings. The van der Waals surface area contributed by atoms with Crippen molar-refractivity contribution >= 4 is 34.8 Å². The van der Waals surface area contributed by atoms with Gasteiger partial charge < -0.3 is 19.3 Å². The van der Waals surface area contributed by atoms with Gasteiger partial charge in [-0.3, -0.25) is 9.59 Å². The van der Waals surface area contributed by atoms with Crippen molar-refractivity contribution in [3.05, 3.63) is 58.0 Å². The molecule has 10 heteroatoms. The molecule has 1 unspecified atom stereocenters. The van der Waals surface area contributed by atoms with Gasteiger partial charge in [0.1, 0.15) is 5.82 Å². The number of ether oxygens (including phenoxy) is 2. The summed E-state index contributed by atoms with van der Waals surface area (Å²) < 4.78 is 24.9. The SMILES string of the molecule is CCOC(=O)C1CCN(C(=O)CC2=CSC3=NC(C)=C(C(=O)OC(C)C)C(c4cccc(F)c4)N23)CC1. The van der Waals surface area contributed by atoms with E-state index in [0.29, 0.717) is 60.2 Å². The minimum atomic E-state index is -0.682. The number of thioether (sulfide) groups is 1. The van der Waals surface area contributed by atoms with Gasteiger partial charge in [0.15, 0.2) is 5.17 Å². The summed E-state index contributed by atoms with van der Waals surface area (Å²) in [5, 5.41) is 2.48. The number of benzene rings is 1. The van der Waals surface area contributed by atoms with Gasteiger partial charge in [-0.25, -0.2) is 14.2 Å². The van der Waals surface area contributed by atoms with E-state index >= 15 is 0 Å². The molecule has 0 aliphatic carbocycles. The van der Waals surface area contributed by atoms with E-state index in [1.807, 2.05) is 10.3 Å². The highest BCUT2D eigenvalue weighted by Crippen LogP contribution is 2.45. The quantitative estimate of drug-likeness (QED) is 0.479. The minimum Gasteiger partial charge on any atom is -0.466 e. The number of halogens is 1. The average molecular weight is 530 g/mol. The van der Waals surface area contributed by atoms with Crippen LogP contribution in [0.25, 0.3) is 0 Å². The standard InChI is InChI=1S/C27H32FN3O5S/c1-5-35-25(33)18-9-11-30(12-10-18)22(32)14-21-15-37-27-29-17(4)23(26(34)36-16(2)3)24(31(21)27)19-7-6-8-20(28)13-19/h6-8,13,15-16,18,24H,5,9-12,14H2,1-4H3. The Balaban J connectivity index is 1.57. The van der Waals surface area contributed by atoms with Crippen LogP contribution in [0.1, 0.15) is 58.6 Å². The lowest BCUT2D eigenvalue weighted by atomic mass is 9.93. The van der Waals surface area contributed by atoms with Gasteiger partial charge in [-0.2, -0.15) is 0 Å². The molecule has 0 spiro atoms. The van der Waals surface area contributed by atoms with E-state index in [9.17, 15) is 18.8 Å². The number of amidine groups is 1. The Hall–Kier alpha value is -3.14. The number of amides is 1. The fourth-order valence-corrected chi connectivity index (χ4v) is 5.76. The number of esters is 2. The van der Waals surface area contributed by atoms with E-state index in [1.165, 1.54) is 23.9 Å². The van der Waals surface area contributed by atoms with Crippen molar-refractivity contribution in [2.24, 2.45) is 10.9 Å². The van der Waals surface area contributed by atoms with Crippen LogP contribution in [0.4, 0.5) is 4.39 Å². The van der Waals surface area contributed by atoms with Crippen molar-refractivity contribution in [2.45, 2.75) is 59.1 Å². The zero-order chi connectivity index (χ0) is 26.7. The van der Waals surface area contributed by atoms with E-state index in [0.717, 1.165) is 0 Å². The first-order valence-corrected chi connectivity index (χ1v) is 13.4. The highest BCUT2D eigenvalue weighted by Gasteiger charge is 2.42. The summed E-state index contributed by atoms with van der Waals surface area (Å²) in [5.74, 6) is -1.42. The molecule has 0 radical (unpaired) electrons. The van der Waals surface area contributed by atoms with Gasteiger partial charge in [0.05, 0.1) is 42.4 Å². The molecule has 0 bridgehead atoms. The molecule has 3 aliphatic rings. The van der Waals surface area contributed by atoms with Crippen molar-refractivity contribution in [3.63, 3.8) is 0 Å². The van der Waals surface area contributed by atoms with Gasteiger partial charge in [0, 0.05) is 18.8 Å². The van der Waals surface area contributed by atoms with Crippen LogP contribution in [-0.2, 0) is 23.9 Å². The van der Waals surface area contributed by atoms with Crippen molar-refractivity contribution in [1.29, 1.82) is 0 Å². The molecule has 37 heavy (non-hydrogen) atoms. The molecule has 1 saturated heterocycles. The van der Waals surface area contributed by atoms with Crippen LogP contribution >= 0.6 is 11.8 Å². The van der Waals surface area contributed by atoms with Crippen LogP contribution in [0, 0.1) is 11.7 Å². The van der Waals surface area contributed by atoms with Crippen LogP contribution in [0.15, 0.2) is 51.6 Å². The van der Waals surface area contributed by atoms with Gasteiger partial charge in [0.2, 0.25) is 5.91 Å². The molecule has 0 N–H and O–H groups in total. The van der Waals surface area contributed by atoms with Crippen molar-refractivity contribution in [3.8, 4) is 0 Å². The molecule has 8 nitrogen and oxygen atoms in total. The predicted molar refractivity (Wildman–Crippen MR) is 139 cm³/mol. The fourth-order valence-electron chi connectivity index (χ4n) is 4.79. The number of likely N-dealkylation sites (tertiary alicyclic amines) is 1. The van der Waals surface area contributed by atoms with Crippen molar-refractivity contribution in [1.82, 2.24) is 9.80 Å². The lowest BCUT2D eigenvalue weighted by molar-refractivity contribution is -0.151. The number of carbonyl (C=O) groups is 3. The summed E-state index contributed by atoms with van der Waals surface area (Å²) in [6.07, 6.45) is 0.878. The van der Waals surface area contributed by atoms with Gasteiger partial charge in [0.25, 0.3) is 0 Å². The van der Waals surface area contributed by atoms with Gasteiger partial charge >= 0.3 is 11.9 Å². The molecular formula is C27H32FN3O5S. The van der Waals surface area contributed by atoms with Crippen LogP contribution in [-0.4, -0.2) is 58.6 Å². The van der Waals surface area contributed by atoms with Gasteiger partial charge in [-0.1, -0.05) is 23.9 Å². The lowest BCUT2D eigenvalue weighted by Crippen LogP contribution is -2.42. The smallest absolute Gasteiger partial charge is 0.338 e. The zero-order valence-electron chi connectivity index (χ0n) is 21.5. The molecule has 1 atom stereocenters. The summed E-state index contributed by atoms with van der Waals surface area (Å²) in [4.78, 5) is 46.7. The maximum absolute atomic E-state index is 14.3. The number of hydrogen-bond acceptors (Lipinski definition) is 8. The third kappa shape index (κ3) is 5.89. The first-order chi connectivity index (χ1) is 17.7. The molecule has 1 fully saturated rings. The summed E-state index contributed by atoms with van der Waals surface area (Å²) in [6.45, 7) is 8.35. The van der Waals surface area contributed by atoms with Crippen LogP contribution in [0.5, 0.6) is 0 Å². The molecule has 0 saturated carbocycles. The first kappa shape index (κ1) is 26.9. The molecule has 0 aromatic heterocycles. The number of carbonyl (C=O) groups excluding carboxylic acids is 3. The van der Waals surface area contributed by atoms with E-state index in [4.69, 9.17) is 9.47 Å². The number of piperidine rings is 1.